The van der Waals surface area contributed by atoms with Crippen LogP contribution in [0.5, 0.6) is 0 Å². The predicted octanol–water partition coefficient (Wildman–Crippen LogP) is 13.2. The second kappa shape index (κ2) is 13.4. The highest BCUT2D eigenvalue weighted by molar-refractivity contribution is 6.10. The van der Waals surface area contributed by atoms with E-state index in [4.69, 9.17) is 9.97 Å². The zero-order valence-electron chi connectivity index (χ0n) is 29.4. The summed E-state index contributed by atoms with van der Waals surface area (Å²) in [6, 6.07) is 72.7. The Bertz CT molecular complexity index is 2880. The topological polar surface area (TPSA) is 34.0 Å². The molecule has 0 fully saturated rings. The molecule has 2 aromatic heterocycles. The molecule has 8 aromatic carbocycles. The predicted molar refractivity (Wildman–Crippen MR) is 225 cm³/mol. The average molecular weight is 691 g/mol. The van der Waals surface area contributed by atoms with Crippen molar-refractivity contribution in [3.05, 3.63) is 206 Å². The Morgan fingerprint density at radius 1 is 0.352 bits per heavy atom. The van der Waals surface area contributed by atoms with Gasteiger partial charge in [-0.3, -0.25) is 0 Å². The van der Waals surface area contributed by atoms with Crippen LogP contribution in [0, 0.1) is 0 Å². The normalized spacial score (nSPS) is 11.3. The Morgan fingerprint density at radius 2 is 0.926 bits per heavy atom. The first-order chi connectivity index (χ1) is 26.8. The van der Waals surface area contributed by atoms with Gasteiger partial charge in [0.15, 0.2) is 5.82 Å². The summed E-state index contributed by atoms with van der Waals surface area (Å²) in [4.78, 5) is 12.4. The van der Waals surface area contributed by atoms with Crippen LogP contribution in [0.1, 0.15) is 0 Å². The maximum atomic E-state index is 5.09. The van der Waals surface area contributed by atoms with Crippen LogP contribution >= 0.6 is 0 Å². The zero-order chi connectivity index (χ0) is 35.8. The third kappa shape index (κ3) is 5.58. The van der Waals surface area contributed by atoms with Crippen LogP contribution in [0.2, 0.25) is 0 Å². The van der Waals surface area contributed by atoms with Gasteiger partial charge in [0.25, 0.3) is 0 Å². The van der Waals surface area contributed by atoms with E-state index < -0.39 is 0 Å². The summed E-state index contributed by atoms with van der Waals surface area (Å²) >= 11 is 0. The lowest BCUT2D eigenvalue weighted by Gasteiger charge is -2.26. The van der Waals surface area contributed by atoms with Gasteiger partial charge in [0, 0.05) is 50.0 Å². The van der Waals surface area contributed by atoms with Crippen LogP contribution in [0.15, 0.2) is 206 Å². The molecule has 0 spiro atoms. The van der Waals surface area contributed by atoms with Crippen molar-refractivity contribution in [2.24, 2.45) is 0 Å². The molecule has 0 unspecified atom stereocenters. The molecule has 4 nitrogen and oxygen atoms in total. The van der Waals surface area contributed by atoms with Gasteiger partial charge in [-0.2, -0.15) is 0 Å². The standard InChI is InChI=1S/C50H34N4/c1-4-15-36(16-5-1)49-45-24-10-12-25-46(45)51-50(52-49)37-29-27-35(28-30-37)38-31-32-44-43-23-11-13-26-47(43)54(48(44)33-38)42-22-14-21-41(34-42)53(39-17-6-2-7-18-39)40-19-8-3-9-20-40/h1-34H. The fourth-order valence-corrected chi connectivity index (χ4v) is 7.63. The highest BCUT2D eigenvalue weighted by Crippen LogP contribution is 2.39. The van der Waals surface area contributed by atoms with E-state index in [0.29, 0.717) is 0 Å². The molecule has 4 heteroatoms. The monoisotopic (exact) mass is 690 g/mol. The number of nitrogens with zero attached hydrogens (tertiary/aromatic N) is 4. The Hall–Kier alpha value is -7.30. The second-order valence-electron chi connectivity index (χ2n) is 13.5. The Balaban J connectivity index is 1.07. The molecule has 0 atom stereocenters. The number of anilines is 3. The molecule has 0 aliphatic heterocycles. The van der Waals surface area contributed by atoms with Crippen LogP contribution in [0.3, 0.4) is 0 Å². The molecule has 0 N–H and O–H groups in total. The lowest BCUT2D eigenvalue weighted by atomic mass is 10.0. The number of fused-ring (bicyclic) bond motifs is 4. The van der Waals surface area contributed by atoms with E-state index in [0.717, 1.165) is 72.9 Å². The third-order valence-corrected chi connectivity index (χ3v) is 10.2. The second-order valence-corrected chi connectivity index (χ2v) is 13.5. The van der Waals surface area contributed by atoms with Crippen molar-refractivity contribution in [3.63, 3.8) is 0 Å². The first-order valence-corrected chi connectivity index (χ1v) is 18.3. The summed E-state index contributed by atoms with van der Waals surface area (Å²) in [7, 11) is 0. The van der Waals surface area contributed by atoms with Gasteiger partial charge in [-0.05, 0) is 71.8 Å². The van der Waals surface area contributed by atoms with Crippen molar-refractivity contribution >= 4 is 49.8 Å². The van der Waals surface area contributed by atoms with Crippen molar-refractivity contribution in [1.82, 2.24) is 14.5 Å². The van der Waals surface area contributed by atoms with E-state index in [1.54, 1.807) is 0 Å². The minimum Gasteiger partial charge on any atom is -0.310 e. The maximum absolute atomic E-state index is 5.09. The summed E-state index contributed by atoms with van der Waals surface area (Å²) in [5.41, 5.74) is 13.0. The molecule has 54 heavy (non-hydrogen) atoms. The van der Waals surface area contributed by atoms with Gasteiger partial charge in [0.05, 0.1) is 22.2 Å². The fraction of sp³-hybridized carbons (Fsp3) is 0. The van der Waals surface area contributed by atoms with E-state index in [1.807, 2.05) is 18.2 Å². The molecule has 10 aromatic rings. The van der Waals surface area contributed by atoms with E-state index in [-0.39, 0.29) is 0 Å². The van der Waals surface area contributed by atoms with E-state index >= 15 is 0 Å². The van der Waals surface area contributed by atoms with Crippen molar-refractivity contribution in [2.45, 2.75) is 0 Å². The number of benzene rings is 8. The Morgan fingerprint density at radius 3 is 1.67 bits per heavy atom. The Labute approximate surface area is 313 Å². The smallest absolute Gasteiger partial charge is 0.160 e. The van der Waals surface area contributed by atoms with Gasteiger partial charge in [0.1, 0.15) is 0 Å². The number of hydrogen-bond donors (Lipinski definition) is 0. The summed E-state index contributed by atoms with van der Waals surface area (Å²) in [6.07, 6.45) is 0. The van der Waals surface area contributed by atoms with E-state index in [9.17, 15) is 0 Å². The molecule has 0 amide bonds. The number of hydrogen-bond acceptors (Lipinski definition) is 3. The summed E-state index contributed by atoms with van der Waals surface area (Å²) < 4.78 is 2.40. The zero-order valence-corrected chi connectivity index (χ0v) is 29.4. The van der Waals surface area contributed by atoms with Crippen molar-refractivity contribution in [3.8, 4) is 39.5 Å². The highest BCUT2D eigenvalue weighted by atomic mass is 15.1. The molecule has 254 valence electrons. The first-order valence-electron chi connectivity index (χ1n) is 18.3. The SMILES string of the molecule is c1ccc(-c2nc(-c3ccc(-c4ccc5c6ccccc6n(-c6cccc(N(c7ccccc7)c7ccccc7)c6)c5c4)cc3)nc3ccccc23)cc1. The molecular weight excluding hydrogens is 657 g/mol. The van der Waals surface area contributed by atoms with E-state index in [2.05, 4.69) is 198 Å². The lowest BCUT2D eigenvalue weighted by molar-refractivity contribution is 1.17. The van der Waals surface area contributed by atoms with Crippen molar-refractivity contribution < 1.29 is 0 Å². The van der Waals surface area contributed by atoms with Gasteiger partial charge < -0.3 is 9.47 Å². The van der Waals surface area contributed by atoms with Crippen molar-refractivity contribution in [2.75, 3.05) is 4.90 Å². The quantitative estimate of drug-likeness (QED) is 0.167. The summed E-state index contributed by atoms with van der Waals surface area (Å²) in [5, 5.41) is 3.49. The molecule has 2 heterocycles. The summed E-state index contributed by atoms with van der Waals surface area (Å²) in [6.45, 7) is 0. The maximum Gasteiger partial charge on any atom is 0.160 e. The van der Waals surface area contributed by atoms with Gasteiger partial charge >= 0.3 is 0 Å². The molecule has 0 aliphatic rings. The summed E-state index contributed by atoms with van der Waals surface area (Å²) in [5.74, 6) is 0.717. The number of para-hydroxylation sites is 4. The third-order valence-electron chi connectivity index (χ3n) is 10.2. The molecule has 10 rings (SSSR count). The molecule has 0 saturated heterocycles. The highest BCUT2D eigenvalue weighted by Gasteiger charge is 2.17. The largest absolute Gasteiger partial charge is 0.310 e. The minimum atomic E-state index is 0.717. The fourth-order valence-electron chi connectivity index (χ4n) is 7.63. The van der Waals surface area contributed by atoms with Gasteiger partial charge in [-0.25, -0.2) is 9.97 Å². The first kappa shape index (κ1) is 31.4. The van der Waals surface area contributed by atoms with Gasteiger partial charge in [-0.1, -0.05) is 146 Å². The van der Waals surface area contributed by atoms with Crippen LogP contribution in [0.25, 0.3) is 72.2 Å². The lowest BCUT2D eigenvalue weighted by Crippen LogP contribution is -2.10. The van der Waals surface area contributed by atoms with Gasteiger partial charge in [0.2, 0.25) is 0 Å². The van der Waals surface area contributed by atoms with Crippen LogP contribution in [-0.2, 0) is 0 Å². The molecule has 0 aliphatic carbocycles. The number of rotatable bonds is 7. The van der Waals surface area contributed by atoms with Crippen LogP contribution in [-0.4, -0.2) is 14.5 Å². The van der Waals surface area contributed by atoms with Crippen LogP contribution in [0.4, 0.5) is 17.1 Å². The Kier molecular flexibility index (Phi) is 7.77. The molecular formula is C50H34N4. The van der Waals surface area contributed by atoms with Gasteiger partial charge in [-0.15, -0.1) is 0 Å². The average Bonchev–Trinajstić information content (AvgIpc) is 3.58. The molecule has 0 saturated carbocycles. The number of aromatic nitrogens is 3. The van der Waals surface area contributed by atoms with Crippen LogP contribution < -0.4 is 4.90 Å². The molecule has 0 radical (unpaired) electrons. The van der Waals surface area contributed by atoms with Crippen molar-refractivity contribution in [1.29, 1.82) is 0 Å². The van der Waals surface area contributed by atoms with E-state index in [1.165, 1.54) is 16.3 Å². The minimum absolute atomic E-state index is 0.717. The molecule has 0 bridgehead atoms.